The molecule has 2 aliphatic rings. The zero-order chi connectivity index (χ0) is 10.7. The number of hydrogen-bond donors (Lipinski definition) is 2. The van der Waals surface area contributed by atoms with Crippen LogP contribution in [0.1, 0.15) is 13.3 Å². The van der Waals surface area contributed by atoms with Crippen LogP contribution in [0.4, 0.5) is 4.79 Å². The van der Waals surface area contributed by atoms with Crippen molar-refractivity contribution in [2.75, 3.05) is 39.4 Å². The van der Waals surface area contributed by atoms with Crippen molar-refractivity contribution in [1.82, 2.24) is 15.5 Å². The van der Waals surface area contributed by atoms with Crippen molar-refractivity contribution in [3.63, 3.8) is 0 Å². The number of carbonyl (C=O) groups is 1. The second-order valence-electron chi connectivity index (χ2n) is 4.52. The largest absolute Gasteiger partial charge is 0.378 e. The topological polar surface area (TPSA) is 53.6 Å². The monoisotopic (exact) mass is 213 g/mol. The number of rotatable bonds is 1. The summed E-state index contributed by atoms with van der Waals surface area (Å²) in [6, 6.07) is 0.0458. The molecule has 2 saturated heterocycles. The molecule has 0 bridgehead atoms. The van der Waals surface area contributed by atoms with Crippen LogP contribution >= 0.6 is 0 Å². The standard InChI is InChI=1S/C10H19N3O2/c1-10(2-3-11-8-10)12-9(14)13-4-6-15-7-5-13/h11H,2-8H2,1H3,(H,12,14). The minimum absolute atomic E-state index is 0.0458. The van der Waals surface area contributed by atoms with Gasteiger partial charge in [0.2, 0.25) is 0 Å². The van der Waals surface area contributed by atoms with Gasteiger partial charge in [-0.2, -0.15) is 0 Å². The molecule has 0 aliphatic carbocycles. The Balaban J connectivity index is 1.85. The number of nitrogens with zero attached hydrogens (tertiary/aromatic N) is 1. The van der Waals surface area contributed by atoms with Crippen LogP contribution in [0.15, 0.2) is 0 Å². The van der Waals surface area contributed by atoms with E-state index in [0.29, 0.717) is 26.3 Å². The summed E-state index contributed by atoms with van der Waals surface area (Å²) in [6.07, 6.45) is 1.00. The average molecular weight is 213 g/mol. The smallest absolute Gasteiger partial charge is 0.318 e. The molecule has 0 aromatic carbocycles. The van der Waals surface area contributed by atoms with Crippen molar-refractivity contribution in [1.29, 1.82) is 0 Å². The normalized spacial score (nSPS) is 31.7. The molecule has 15 heavy (non-hydrogen) atoms. The number of morpholine rings is 1. The van der Waals surface area contributed by atoms with Crippen molar-refractivity contribution in [2.24, 2.45) is 0 Å². The van der Waals surface area contributed by atoms with E-state index < -0.39 is 0 Å². The number of hydrogen-bond acceptors (Lipinski definition) is 3. The molecule has 5 heteroatoms. The summed E-state index contributed by atoms with van der Waals surface area (Å²) in [6.45, 7) is 6.66. The Bertz CT molecular complexity index is 233. The maximum atomic E-state index is 11.9. The summed E-state index contributed by atoms with van der Waals surface area (Å²) in [5, 5.41) is 6.36. The quantitative estimate of drug-likeness (QED) is 0.633. The lowest BCUT2D eigenvalue weighted by Gasteiger charge is -2.32. The van der Waals surface area contributed by atoms with Crippen LogP contribution in [0, 0.1) is 0 Å². The van der Waals surface area contributed by atoms with Gasteiger partial charge in [-0.05, 0) is 19.9 Å². The Kier molecular flexibility index (Phi) is 3.11. The predicted octanol–water partition coefficient (Wildman–Crippen LogP) is -0.220. The van der Waals surface area contributed by atoms with Crippen molar-refractivity contribution >= 4 is 6.03 Å². The molecule has 0 saturated carbocycles. The molecule has 1 atom stereocenters. The summed E-state index contributed by atoms with van der Waals surface area (Å²) in [5.74, 6) is 0. The van der Waals surface area contributed by atoms with Gasteiger partial charge >= 0.3 is 6.03 Å². The maximum Gasteiger partial charge on any atom is 0.318 e. The fourth-order valence-electron chi connectivity index (χ4n) is 2.03. The van der Waals surface area contributed by atoms with Crippen molar-refractivity contribution in [2.45, 2.75) is 18.9 Å². The molecule has 2 rings (SSSR count). The zero-order valence-electron chi connectivity index (χ0n) is 9.21. The van der Waals surface area contributed by atoms with E-state index in [1.54, 1.807) is 0 Å². The third kappa shape index (κ3) is 2.60. The van der Waals surface area contributed by atoms with Gasteiger partial charge in [-0.1, -0.05) is 0 Å². The molecule has 0 aromatic rings. The third-order valence-corrected chi connectivity index (χ3v) is 3.08. The van der Waals surface area contributed by atoms with Gasteiger partial charge in [0.25, 0.3) is 0 Å². The van der Waals surface area contributed by atoms with Crippen molar-refractivity contribution < 1.29 is 9.53 Å². The Morgan fingerprint density at radius 3 is 2.80 bits per heavy atom. The summed E-state index contributed by atoms with van der Waals surface area (Å²) < 4.78 is 5.21. The maximum absolute atomic E-state index is 11.9. The Hall–Kier alpha value is -0.810. The zero-order valence-corrected chi connectivity index (χ0v) is 9.21. The summed E-state index contributed by atoms with van der Waals surface area (Å²) in [5.41, 5.74) is -0.0740. The molecule has 5 nitrogen and oxygen atoms in total. The molecule has 0 spiro atoms. The number of amides is 2. The summed E-state index contributed by atoms with van der Waals surface area (Å²) in [7, 11) is 0. The SMILES string of the molecule is CC1(NC(=O)N2CCOCC2)CCNC1. The molecule has 2 N–H and O–H groups in total. The van der Waals surface area contributed by atoms with Crippen LogP contribution in [0.3, 0.4) is 0 Å². The minimum Gasteiger partial charge on any atom is -0.378 e. The summed E-state index contributed by atoms with van der Waals surface area (Å²) >= 11 is 0. The Morgan fingerprint density at radius 2 is 2.20 bits per heavy atom. The van der Waals surface area contributed by atoms with Gasteiger partial charge in [-0.15, -0.1) is 0 Å². The molecule has 86 valence electrons. The second kappa shape index (κ2) is 4.37. The average Bonchev–Trinajstić information content (AvgIpc) is 2.66. The molecule has 0 radical (unpaired) electrons. The molecular weight excluding hydrogens is 194 g/mol. The molecular formula is C10H19N3O2. The molecule has 2 heterocycles. The lowest BCUT2D eigenvalue weighted by molar-refractivity contribution is 0.0514. The first-order chi connectivity index (χ1) is 7.20. The molecule has 2 fully saturated rings. The van der Waals surface area contributed by atoms with E-state index in [0.717, 1.165) is 19.5 Å². The highest BCUT2D eigenvalue weighted by Crippen LogP contribution is 2.13. The van der Waals surface area contributed by atoms with Gasteiger partial charge in [0, 0.05) is 19.6 Å². The lowest BCUT2D eigenvalue weighted by atomic mass is 10.0. The first-order valence-corrected chi connectivity index (χ1v) is 5.55. The van der Waals surface area contributed by atoms with Gasteiger partial charge < -0.3 is 20.3 Å². The molecule has 1 unspecified atom stereocenters. The number of nitrogens with one attached hydrogen (secondary N) is 2. The number of ether oxygens (including phenoxy) is 1. The first kappa shape index (κ1) is 10.7. The van der Waals surface area contributed by atoms with E-state index in [1.807, 2.05) is 4.90 Å². The first-order valence-electron chi connectivity index (χ1n) is 5.55. The fraction of sp³-hybridized carbons (Fsp3) is 0.900. The Labute approximate surface area is 90.1 Å². The Morgan fingerprint density at radius 1 is 1.47 bits per heavy atom. The van der Waals surface area contributed by atoms with E-state index in [1.165, 1.54) is 0 Å². The van der Waals surface area contributed by atoms with Crippen LogP contribution < -0.4 is 10.6 Å². The van der Waals surface area contributed by atoms with Crippen LogP contribution in [0.2, 0.25) is 0 Å². The van der Waals surface area contributed by atoms with Gasteiger partial charge in [-0.25, -0.2) is 4.79 Å². The highest BCUT2D eigenvalue weighted by molar-refractivity contribution is 5.75. The number of carbonyl (C=O) groups excluding carboxylic acids is 1. The van der Waals surface area contributed by atoms with Gasteiger partial charge in [-0.3, -0.25) is 0 Å². The minimum atomic E-state index is -0.0740. The van der Waals surface area contributed by atoms with E-state index in [4.69, 9.17) is 4.74 Å². The van der Waals surface area contributed by atoms with E-state index in [2.05, 4.69) is 17.6 Å². The van der Waals surface area contributed by atoms with Crippen LogP contribution in [-0.4, -0.2) is 55.9 Å². The molecule has 2 aliphatic heterocycles. The second-order valence-corrected chi connectivity index (χ2v) is 4.52. The molecule has 2 amide bonds. The molecule has 0 aromatic heterocycles. The number of urea groups is 1. The third-order valence-electron chi connectivity index (χ3n) is 3.08. The fourth-order valence-corrected chi connectivity index (χ4v) is 2.03. The lowest BCUT2D eigenvalue weighted by Crippen LogP contribution is -2.54. The van der Waals surface area contributed by atoms with Crippen LogP contribution in [0.5, 0.6) is 0 Å². The van der Waals surface area contributed by atoms with Crippen LogP contribution in [0.25, 0.3) is 0 Å². The van der Waals surface area contributed by atoms with E-state index >= 15 is 0 Å². The highest BCUT2D eigenvalue weighted by atomic mass is 16.5. The van der Waals surface area contributed by atoms with Gasteiger partial charge in [0.1, 0.15) is 0 Å². The highest BCUT2D eigenvalue weighted by Gasteiger charge is 2.31. The van der Waals surface area contributed by atoms with E-state index in [9.17, 15) is 4.79 Å². The van der Waals surface area contributed by atoms with E-state index in [-0.39, 0.29) is 11.6 Å². The van der Waals surface area contributed by atoms with Gasteiger partial charge in [0.15, 0.2) is 0 Å². The van der Waals surface area contributed by atoms with Gasteiger partial charge in [0.05, 0.1) is 18.8 Å². The van der Waals surface area contributed by atoms with Crippen LogP contribution in [-0.2, 0) is 4.74 Å². The predicted molar refractivity (Wildman–Crippen MR) is 56.8 cm³/mol. The van der Waals surface area contributed by atoms with Crippen molar-refractivity contribution in [3.05, 3.63) is 0 Å². The van der Waals surface area contributed by atoms with Crippen molar-refractivity contribution in [3.8, 4) is 0 Å². The summed E-state index contributed by atoms with van der Waals surface area (Å²) in [4.78, 5) is 13.7.